The number of hydrogen-bond donors (Lipinski definition) is 5. The van der Waals surface area contributed by atoms with E-state index in [1.54, 1.807) is 12.4 Å². The molecule has 0 aliphatic heterocycles. The number of carboxylic acid groups (broad SMARTS) is 1. The van der Waals surface area contributed by atoms with Gasteiger partial charge in [-0.25, -0.2) is 19.9 Å². The van der Waals surface area contributed by atoms with Gasteiger partial charge in [0.05, 0.1) is 0 Å². The number of amides is 1. The maximum absolute atomic E-state index is 12.2. The first-order chi connectivity index (χ1) is 17.2. The fourth-order valence-electron chi connectivity index (χ4n) is 3.17. The van der Waals surface area contributed by atoms with Crippen LogP contribution >= 0.6 is 11.6 Å². The summed E-state index contributed by atoms with van der Waals surface area (Å²) < 4.78 is 0. The van der Waals surface area contributed by atoms with Crippen molar-refractivity contribution < 1.29 is 14.7 Å². The fourth-order valence-corrected chi connectivity index (χ4v) is 3.30. The van der Waals surface area contributed by atoms with Gasteiger partial charge in [0.1, 0.15) is 0 Å². The van der Waals surface area contributed by atoms with E-state index in [4.69, 9.17) is 33.9 Å². The van der Waals surface area contributed by atoms with E-state index in [1.807, 2.05) is 24.3 Å². The van der Waals surface area contributed by atoms with Gasteiger partial charge in [-0.15, -0.1) is 0 Å². The van der Waals surface area contributed by atoms with Crippen molar-refractivity contribution in [1.29, 1.82) is 0 Å². The van der Waals surface area contributed by atoms with Crippen molar-refractivity contribution in [2.24, 2.45) is 10.7 Å². The minimum atomic E-state index is -0.849. The van der Waals surface area contributed by atoms with E-state index in [-0.39, 0.29) is 34.9 Å². The molecule has 13 heteroatoms. The molecular weight excluding hydrogens is 486 g/mol. The van der Waals surface area contributed by atoms with Crippen LogP contribution in [0.15, 0.2) is 41.7 Å². The molecule has 0 spiro atoms. The van der Waals surface area contributed by atoms with E-state index in [0.717, 1.165) is 36.0 Å². The predicted molar refractivity (Wildman–Crippen MR) is 136 cm³/mol. The number of anilines is 2. The number of nitrogens with one attached hydrogen (secondary N) is 1. The molecule has 12 nitrogen and oxygen atoms in total. The van der Waals surface area contributed by atoms with Gasteiger partial charge < -0.3 is 22.3 Å². The zero-order valence-electron chi connectivity index (χ0n) is 19.3. The topological polar surface area (TPSA) is 208 Å². The second kappa shape index (κ2) is 12.4. The monoisotopic (exact) mass is 511 g/mol. The molecule has 36 heavy (non-hydrogen) atoms. The Bertz CT molecular complexity index is 1250. The number of guanidine groups is 1. The summed E-state index contributed by atoms with van der Waals surface area (Å²) in [4.78, 5) is 43.3. The van der Waals surface area contributed by atoms with Crippen LogP contribution in [0.3, 0.4) is 0 Å². The minimum Gasteiger partial charge on any atom is -0.481 e. The van der Waals surface area contributed by atoms with E-state index >= 15 is 0 Å². The first kappa shape index (κ1) is 26.3. The Morgan fingerprint density at radius 3 is 2.33 bits per heavy atom. The highest BCUT2D eigenvalue weighted by Crippen LogP contribution is 2.18. The number of rotatable bonds is 10. The number of aliphatic imine (C=N–C) groups is 1. The normalized spacial score (nSPS) is 11.3. The third-order valence-electron chi connectivity index (χ3n) is 5.06. The quantitative estimate of drug-likeness (QED) is 0.151. The Hall–Kier alpha value is -4.32. The Kier molecular flexibility index (Phi) is 9.06. The molecule has 3 aromatic rings. The molecule has 8 N–H and O–H groups in total. The number of aliphatic carboxylic acids is 1. The van der Waals surface area contributed by atoms with E-state index in [0.29, 0.717) is 18.8 Å². The molecule has 3 rings (SSSR count). The summed E-state index contributed by atoms with van der Waals surface area (Å²) in [6, 6.07) is 7.92. The van der Waals surface area contributed by atoms with Gasteiger partial charge >= 0.3 is 5.97 Å². The number of carboxylic acids is 1. The SMILES string of the molecule is NC(=NCCCCc1ccc(-c2ncc(CCC(=O)O)cn2)cc1)NC(=O)c1nc(Cl)c(N)nc1N. The molecule has 0 aliphatic rings. The van der Waals surface area contributed by atoms with Crippen LogP contribution in [-0.4, -0.2) is 49.4 Å². The highest BCUT2D eigenvalue weighted by Gasteiger charge is 2.16. The molecule has 0 saturated heterocycles. The number of nitrogens with two attached hydrogens (primary N) is 3. The molecule has 0 bridgehead atoms. The van der Waals surface area contributed by atoms with Crippen LogP contribution in [0.5, 0.6) is 0 Å². The summed E-state index contributed by atoms with van der Waals surface area (Å²) in [6.45, 7) is 0.427. The van der Waals surface area contributed by atoms with Crippen LogP contribution in [0.1, 0.15) is 40.9 Å². The van der Waals surface area contributed by atoms with Gasteiger partial charge in [0.25, 0.3) is 5.91 Å². The standard InChI is InChI=1S/C23H26ClN9O3/c24-18-20(26)32-19(25)17(31-18)22(36)33-23(27)28-10-2-1-3-13-4-7-15(8-5-13)21-29-11-14(12-30-21)6-9-16(34)35/h4-5,7-8,11-12H,1-3,6,9-10H2,(H,34,35)(H4,25,26,32)(H3,27,28,33,36). The molecule has 188 valence electrons. The van der Waals surface area contributed by atoms with E-state index in [1.165, 1.54) is 0 Å². The number of benzene rings is 1. The zero-order valence-corrected chi connectivity index (χ0v) is 20.1. The van der Waals surface area contributed by atoms with Crippen LogP contribution in [0.2, 0.25) is 5.15 Å². The van der Waals surface area contributed by atoms with Crippen molar-refractivity contribution in [3.05, 3.63) is 58.6 Å². The van der Waals surface area contributed by atoms with Crippen molar-refractivity contribution >= 4 is 41.1 Å². The number of hydrogen-bond acceptors (Lipinski definition) is 9. The number of nitrogen functional groups attached to an aromatic ring is 2. The molecule has 2 aromatic heterocycles. The smallest absolute Gasteiger partial charge is 0.303 e. The van der Waals surface area contributed by atoms with Crippen molar-refractivity contribution in [2.75, 3.05) is 18.0 Å². The van der Waals surface area contributed by atoms with Crippen LogP contribution in [0, 0.1) is 0 Å². The van der Waals surface area contributed by atoms with Crippen molar-refractivity contribution in [3.63, 3.8) is 0 Å². The summed E-state index contributed by atoms with van der Waals surface area (Å²) >= 11 is 5.78. The van der Waals surface area contributed by atoms with Gasteiger partial charge in [0.15, 0.2) is 34.3 Å². The summed E-state index contributed by atoms with van der Waals surface area (Å²) in [5.74, 6) is -1.24. The maximum atomic E-state index is 12.2. The number of nitrogens with zero attached hydrogens (tertiary/aromatic N) is 5. The Morgan fingerprint density at radius 2 is 1.67 bits per heavy atom. The Morgan fingerprint density at radius 1 is 0.972 bits per heavy atom. The number of aryl methyl sites for hydroxylation is 2. The number of aromatic nitrogens is 4. The van der Waals surface area contributed by atoms with Crippen LogP contribution < -0.4 is 22.5 Å². The van der Waals surface area contributed by atoms with Gasteiger partial charge in [0, 0.05) is 30.9 Å². The first-order valence-electron chi connectivity index (χ1n) is 11.0. The molecule has 1 amide bonds. The molecule has 0 aliphatic carbocycles. The number of halogens is 1. The summed E-state index contributed by atoms with van der Waals surface area (Å²) in [5.41, 5.74) is 19.5. The lowest BCUT2D eigenvalue weighted by Gasteiger charge is -2.07. The molecule has 0 saturated carbocycles. The maximum Gasteiger partial charge on any atom is 0.303 e. The van der Waals surface area contributed by atoms with Crippen LogP contribution in [0.25, 0.3) is 11.4 Å². The molecule has 1 aromatic carbocycles. The van der Waals surface area contributed by atoms with Crippen molar-refractivity contribution in [1.82, 2.24) is 25.3 Å². The average molecular weight is 512 g/mol. The average Bonchev–Trinajstić information content (AvgIpc) is 2.85. The van der Waals surface area contributed by atoms with Crippen molar-refractivity contribution in [2.45, 2.75) is 32.1 Å². The Labute approximate surface area is 212 Å². The molecule has 2 heterocycles. The van der Waals surface area contributed by atoms with Gasteiger partial charge in [-0.2, -0.15) is 0 Å². The van der Waals surface area contributed by atoms with Crippen LogP contribution in [-0.2, 0) is 17.6 Å². The van der Waals surface area contributed by atoms with Gasteiger partial charge in [-0.1, -0.05) is 35.9 Å². The van der Waals surface area contributed by atoms with E-state index in [9.17, 15) is 9.59 Å². The lowest BCUT2D eigenvalue weighted by molar-refractivity contribution is -0.136. The van der Waals surface area contributed by atoms with E-state index < -0.39 is 11.9 Å². The number of unbranched alkanes of at least 4 members (excludes halogenated alkanes) is 1. The van der Waals surface area contributed by atoms with E-state index in [2.05, 4.69) is 30.2 Å². The summed E-state index contributed by atoms with van der Waals surface area (Å²) in [5, 5.41) is 11.0. The first-order valence-corrected chi connectivity index (χ1v) is 11.4. The van der Waals surface area contributed by atoms with Crippen molar-refractivity contribution in [3.8, 4) is 11.4 Å². The number of carbonyl (C=O) groups excluding carboxylic acids is 1. The molecular formula is C23H26ClN9O3. The molecule has 0 radical (unpaired) electrons. The summed E-state index contributed by atoms with van der Waals surface area (Å²) in [6.07, 6.45) is 6.22. The van der Waals surface area contributed by atoms with Crippen LogP contribution in [0.4, 0.5) is 11.6 Å². The lowest BCUT2D eigenvalue weighted by Crippen LogP contribution is -2.38. The number of carbonyl (C=O) groups is 2. The molecule has 0 unspecified atom stereocenters. The third kappa shape index (κ3) is 7.60. The fraction of sp³-hybridized carbons (Fsp3) is 0.261. The largest absolute Gasteiger partial charge is 0.481 e. The highest BCUT2D eigenvalue weighted by atomic mass is 35.5. The summed E-state index contributed by atoms with van der Waals surface area (Å²) in [7, 11) is 0. The van der Waals surface area contributed by atoms with Gasteiger partial charge in [-0.3, -0.25) is 19.9 Å². The third-order valence-corrected chi connectivity index (χ3v) is 5.34. The highest BCUT2D eigenvalue weighted by molar-refractivity contribution is 6.31. The zero-order chi connectivity index (χ0) is 26.1. The Balaban J connectivity index is 1.42. The molecule has 0 atom stereocenters. The lowest BCUT2D eigenvalue weighted by atomic mass is 10.1. The second-order valence-corrected chi connectivity index (χ2v) is 8.18. The minimum absolute atomic E-state index is 0.0488. The van der Waals surface area contributed by atoms with Gasteiger partial charge in [0.2, 0.25) is 0 Å². The second-order valence-electron chi connectivity index (χ2n) is 7.82. The predicted octanol–water partition coefficient (Wildman–Crippen LogP) is 1.84. The molecule has 0 fully saturated rings. The van der Waals surface area contributed by atoms with Gasteiger partial charge in [-0.05, 0) is 36.8 Å².